The van der Waals surface area contributed by atoms with Crippen molar-refractivity contribution in [2.45, 2.75) is 25.4 Å². The molecule has 2 unspecified atom stereocenters. The van der Waals surface area contributed by atoms with Crippen molar-refractivity contribution in [2.75, 3.05) is 0 Å². The number of hydrogen-bond donors (Lipinski definition) is 3. The van der Waals surface area contributed by atoms with Gasteiger partial charge in [0, 0.05) is 0 Å². The van der Waals surface area contributed by atoms with Crippen molar-refractivity contribution in [3.8, 4) is 6.07 Å². The minimum Gasteiger partial charge on any atom is -0.481 e. The lowest BCUT2D eigenvalue weighted by Crippen LogP contribution is -2.42. The molecule has 0 saturated carbocycles. The van der Waals surface area contributed by atoms with Gasteiger partial charge in [-0.25, -0.2) is 0 Å². The van der Waals surface area contributed by atoms with Crippen LogP contribution >= 0.6 is 0 Å². The van der Waals surface area contributed by atoms with Gasteiger partial charge in [0.05, 0.1) is 30.1 Å². The van der Waals surface area contributed by atoms with E-state index in [0.29, 0.717) is 5.56 Å². The molecule has 6 heteroatoms. The second-order valence-corrected chi connectivity index (χ2v) is 4.17. The first kappa shape index (κ1) is 14.7. The SMILES string of the molecule is CC(NC(=O)C(N)CC(=O)O)c1ccc(C#N)cc1. The second kappa shape index (κ2) is 6.52. The molecular formula is C13H15N3O3. The number of nitrogens with zero attached hydrogens (tertiary/aromatic N) is 1. The van der Waals surface area contributed by atoms with Crippen LogP contribution in [0.3, 0.4) is 0 Å². The summed E-state index contributed by atoms with van der Waals surface area (Å²) in [4.78, 5) is 22.1. The van der Waals surface area contributed by atoms with Crippen LogP contribution in [0, 0.1) is 11.3 Å². The van der Waals surface area contributed by atoms with E-state index in [1.807, 2.05) is 6.07 Å². The van der Waals surface area contributed by atoms with Gasteiger partial charge in [0.1, 0.15) is 0 Å². The Balaban J connectivity index is 2.63. The van der Waals surface area contributed by atoms with Gasteiger partial charge in [-0.3, -0.25) is 9.59 Å². The van der Waals surface area contributed by atoms with Gasteiger partial charge in [0.2, 0.25) is 5.91 Å². The van der Waals surface area contributed by atoms with Crippen molar-refractivity contribution in [1.82, 2.24) is 5.32 Å². The molecule has 1 aromatic rings. The average Bonchev–Trinajstić information content (AvgIpc) is 2.37. The fraction of sp³-hybridized carbons (Fsp3) is 0.308. The number of rotatable bonds is 5. The molecule has 4 N–H and O–H groups in total. The number of nitrogens with two attached hydrogens (primary N) is 1. The molecule has 0 saturated heterocycles. The summed E-state index contributed by atoms with van der Waals surface area (Å²) < 4.78 is 0. The Labute approximate surface area is 110 Å². The minimum absolute atomic E-state index is 0.305. The topological polar surface area (TPSA) is 116 Å². The van der Waals surface area contributed by atoms with E-state index in [1.165, 1.54) is 0 Å². The highest BCUT2D eigenvalue weighted by molar-refractivity contribution is 5.86. The molecule has 0 spiro atoms. The van der Waals surface area contributed by atoms with Crippen LogP contribution in [0.5, 0.6) is 0 Å². The fourth-order valence-corrected chi connectivity index (χ4v) is 1.53. The number of nitrogens with one attached hydrogen (secondary N) is 1. The molecule has 0 bridgehead atoms. The van der Waals surface area contributed by atoms with Crippen molar-refractivity contribution in [3.63, 3.8) is 0 Å². The lowest BCUT2D eigenvalue weighted by Gasteiger charge is -2.17. The Kier molecular flexibility index (Phi) is 5.03. The van der Waals surface area contributed by atoms with Gasteiger partial charge in [-0.2, -0.15) is 5.26 Å². The third kappa shape index (κ3) is 4.41. The Morgan fingerprint density at radius 2 is 2.00 bits per heavy atom. The predicted molar refractivity (Wildman–Crippen MR) is 67.9 cm³/mol. The van der Waals surface area contributed by atoms with Gasteiger partial charge in [-0.1, -0.05) is 12.1 Å². The number of hydrogen-bond acceptors (Lipinski definition) is 4. The van der Waals surface area contributed by atoms with Crippen LogP contribution < -0.4 is 11.1 Å². The van der Waals surface area contributed by atoms with E-state index in [0.717, 1.165) is 5.56 Å². The molecule has 19 heavy (non-hydrogen) atoms. The highest BCUT2D eigenvalue weighted by Gasteiger charge is 2.19. The summed E-state index contributed by atoms with van der Waals surface area (Å²) in [6.07, 6.45) is -0.411. The van der Waals surface area contributed by atoms with Gasteiger partial charge < -0.3 is 16.2 Å². The first-order valence-electron chi connectivity index (χ1n) is 5.72. The molecule has 1 rings (SSSR count). The Morgan fingerprint density at radius 1 is 1.42 bits per heavy atom. The van der Waals surface area contributed by atoms with Crippen LogP contribution in [-0.4, -0.2) is 23.0 Å². The minimum atomic E-state index is -1.12. The Bertz CT molecular complexity index is 505. The molecule has 100 valence electrons. The maximum Gasteiger partial charge on any atom is 0.305 e. The highest BCUT2D eigenvalue weighted by Crippen LogP contribution is 2.13. The monoisotopic (exact) mass is 261 g/mol. The van der Waals surface area contributed by atoms with Crippen molar-refractivity contribution >= 4 is 11.9 Å². The summed E-state index contributed by atoms with van der Waals surface area (Å²) in [5.41, 5.74) is 6.80. The molecule has 0 aliphatic carbocycles. The smallest absolute Gasteiger partial charge is 0.305 e. The summed E-state index contributed by atoms with van der Waals surface area (Å²) in [5, 5.41) is 19.9. The van der Waals surface area contributed by atoms with Gasteiger partial charge in [-0.05, 0) is 24.6 Å². The lowest BCUT2D eigenvalue weighted by molar-refractivity contribution is -0.139. The van der Waals surface area contributed by atoms with Crippen molar-refractivity contribution in [2.24, 2.45) is 5.73 Å². The van der Waals surface area contributed by atoms with Crippen molar-refractivity contribution in [1.29, 1.82) is 5.26 Å². The summed E-state index contributed by atoms with van der Waals surface area (Å²) in [7, 11) is 0. The van der Waals surface area contributed by atoms with E-state index in [-0.39, 0.29) is 6.04 Å². The normalized spacial score (nSPS) is 13.1. The number of carboxylic acids is 1. The molecule has 6 nitrogen and oxygen atoms in total. The number of aliphatic carboxylic acids is 1. The fourth-order valence-electron chi connectivity index (χ4n) is 1.53. The highest BCUT2D eigenvalue weighted by atomic mass is 16.4. The van der Waals surface area contributed by atoms with Crippen LogP contribution in [0.4, 0.5) is 0 Å². The Morgan fingerprint density at radius 3 is 2.47 bits per heavy atom. The summed E-state index contributed by atoms with van der Waals surface area (Å²) in [5.74, 6) is -1.63. The molecule has 0 heterocycles. The number of carbonyl (C=O) groups excluding carboxylic acids is 1. The van der Waals surface area contributed by atoms with Crippen LogP contribution in [-0.2, 0) is 9.59 Å². The standard InChI is InChI=1S/C13H15N3O3/c1-8(10-4-2-9(7-14)3-5-10)16-13(19)11(15)6-12(17)18/h2-5,8,11H,6,15H2,1H3,(H,16,19)(H,17,18). The van der Waals surface area contributed by atoms with Crippen molar-refractivity contribution in [3.05, 3.63) is 35.4 Å². The molecule has 1 amide bonds. The molecule has 1 aromatic carbocycles. The third-order valence-electron chi connectivity index (χ3n) is 2.63. The first-order chi connectivity index (χ1) is 8.93. The van der Waals surface area contributed by atoms with E-state index in [1.54, 1.807) is 31.2 Å². The number of carboxylic acid groups (broad SMARTS) is 1. The van der Waals surface area contributed by atoms with Gasteiger partial charge in [0.25, 0.3) is 0 Å². The van der Waals surface area contributed by atoms with Gasteiger partial charge in [0.15, 0.2) is 0 Å². The molecule has 0 radical (unpaired) electrons. The van der Waals surface area contributed by atoms with Crippen LogP contribution in [0.1, 0.15) is 30.5 Å². The third-order valence-corrected chi connectivity index (χ3v) is 2.63. The molecule has 0 fully saturated rings. The van der Waals surface area contributed by atoms with E-state index in [4.69, 9.17) is 16.1 Å². The zero-order chi connectivity index (χ0) is 14.4. The van der Waals surface area contributed by atoms with Crippen LogP contribution in [0.15, 0.2) is 24.3 Å². The quantitative estimate of drug-likeness (QED) is 0.715. The summed E-state index contributed by atoms with van der Waals surface area (Å²) in [6, 6.07) is 7.38. The van der Waals surface area contributed by atoms with E-state index < -0.39 is 24.3 Å². The Hall–Kier alpha value is -2.39. The average molecular weight is 261 g/mol. The van der Waals surface area contributed by atoms with Crippen LogP contribution in [0.2, 0.25) is 0 Å². The molecule has 0 aliphatic rings. The largest absolute Gasteiger partial charge is 0.481 e. The molecule has 2 atom stereocenters. The lowest BCUT2D eigenvalue weighted by atomic mass is 10.1. The second-order valence-electron chi connectivity index (χ2n) is 4.17. The molecule has 0 aromatic heterocycles. The molecular weight excluding hydrogens is 246 g/mol. The summed E-state index contributed by atoms with van der Waals surface area (Å²) in [6.45, 7) is 1.76. The maximum absolute atomic E-state index is 11.6. The maximum atomic E-state index is 11.6. The van der Waals surface area contributed by atoms with Crippen LogP contribution in [0.25, 0.3) is 0 Å². The predicted octanol–water partition coefficient (Wildman–Crippen LogP) is 0.537. The van der Waals surface area contributed by atoms with Gasteiger partial charge >= 0.3 is 5.97 Å². The summed E-state index contributed by atoms with van der Waals surface area (Å²) >= 11 is 0. The number of benzene rings is 1. The van der Waals surface area contributed by atoms with Crippen molar-refractivity contribution < 1.29 is 14.7 Å². The van der Waals surface area contributed by atoms with E-state index in [9.17, 15) is 9.59 Å². The first-order valence-corrected chi connectivity index (χ1v) is 5.72. The zero-order valence-electron chi connectivity index (χ0n) is 10.5. The zero-order valence-corrected chi connectivity index (χ0v) is 10.5. The number of amides is 1. The van der Waals surface area contributed by atoms with E-state index in [2.05, 4.69) is 5.32 Å². The van der Waals surface area contributed by atoms with E-state index >= 15 is 0 Å². The molecule has 0 aliphatic heterocycles. The van der Waals surface area contributed by atoms with Gasteiger partial charge in [-0.15, -0.1) is 0 Å². The number of nitriles is 1. The number of carbonyl (C=O) groups is 2.